The Labute approximate surface area is 226 Å². The van der Waals surface area contributed by atoms with Crippen molar-refractivity contribution in [1.29, 1.82) is 0 Å². The number of fused-ring (bicyclic) bond motifs is 1. The summed E-state index contributed by atoms with van der Waals surface area (Å²) < 4.78 is 27.1. The highest BCUT2D eigenvalue weighted by Crippen LogP contribution is 2.46. The van der Waals surface area contributed by atoms with Crippen LogP contribution in [0.25, 0.3) is 0 Å². The standard InChI is InChI=1S/C26H23Cl2F2N3O3S/c27-16-10-18(22(23(29)30)31-11-16)24(34)32-17-7-5-14(6-8-17)12-33-20-4-2-1-3-19(20)26(36,25(33)35)15-9-21(28)37-13-15/h1-4,9-11,13-14,17,23,36H,5-8,12H2,(H,32,34)/t14-,17-,26?. The first-order valence-corrected chi connectivity index (χ1v) is 13.4. The largest absolute Gasteiger partial charge is 0.372 e. The Balaban J connectivity index is 1.26. The van der Waals surface area contributed by atoms with Crippen LogP contribution in [0.1, 0.15) is 59.3 Å². The highest BCUT2D eigenvalue weighted by molar-refractivity contribution is 7.14. The number of nitrogens with zero attached hydrogens (tertiary/aromatic N) is 2. The minimum atomic E-state index is -2.89. The number of aromatic nitrogens is 1. The molecule has 2 aliphatic rings. The number of hydrogen-bond acceptors (Lipinski definition) is 5. The van der Waals surface area contributed by atoms with Gasteiger partial charge >= 0.3 is 0 Å². The van der Waals surface area contributed by atoms with Gasteiger partial charge in [0.15, 0.2) is 5.60 Å². The predicted octanol–water partition coefficient (Wildman–Crippen LogP) is 5.96. The van der Waals surface area contributed by atoms with E-state index < -0.39 is 29.5 Å². The van der Waals surface area contributed by atoms with E-state index in [-0.39, 0.29) is 22.5 Å². The number of halogens is 4. The molecule has 6 nitrogen and oxygen atoms in total. The van der Waals surface area contributed by atoms with Crippen LogP contribution in [0, 0.1) is 5.92 Å². The molecule has 0 saturated heterocycles. The first-order chi connectivity index (χ1) is 17.7. The summed E-state index contributed by atoms with van der Waals surface area (Å²) >= 11 is 13.2. The molecule has 3 aromatic rings. The van der Waals surface area contributed by atoms with Crippen molar-refractivity contribution in [1.82, 2.24) is 10.3 Å². The van der Waals surface area contributed by atoms with Gasteiger partial charge in [-0.05, 0) is 55.2 Å². The lowest BCUT2D eigenvalue weighted by Gasteiger charge is -2.32. The molecular formula is C26H23Cl2F2N3O3S. The number of hydrogen-bond donors (Lipinski definition) is 2. The van der Waals surface area contributed by atoms with Gasteiger partial charge in [-0.2, -0.15) is 0 Å². The van der Waals surface area contributed by atoms with E-state index in [2.05, 4.69) is 10.3 Å². The number of nitrogens with one attached hydrogen (secondary N) is 1. The van der Waals surface area contributed by atoms with Crippen molar-refractivity contribution < 1.29 is 23.5 Å². The second-order valence-corrected chi connectivity index (χ2v) is 11.3. The Morgan fingerprint density at radius 2 is 1.95 bits per heavy atom. The van der Waals surface area contributed by atoms with E-state index in [0.717, 1.165) is 19.0 Å². The number of amides is 2. The monoisotopic (exact) mass is 565 g/mol. The average molecular weight is 566 g/mol. The summed E-state index contributed by atoms with van der Waals surface area (Å²) in [6.07, 6.45) is 0.893. The number of anilines is 1. The molecule has 1 unspecified atom stereocenters. The number of para-hydroxylation sites is 1. The van der Waals surface area contributed by atoms with Crippen LogP contribution in [0.5, 0.6) is 0 Å². The third kappa shape index (κ3) is 4.85. The molecule has 194 valence electrons. The molecular weight excluding hydrogens is 543 g/mol. The molecule has 1 fully saturated rings. The molecule has 2 N–H and O–H groups in total. The molecule has 3 heterocycles. The summed E-state index contributed by atoms with van der Waals surface area (Å²) in [6, 6.07) is 9.82. The van der Waals surface area contributed by atoms with Crippen LogP contribution in [0.3, 0.4) is 0 Å². The molecule has 37 heavy (non-hydrogen) atoms. The van der Waals surface area contributed by atoms with E-state index in [1.165, 1.54) is 17.4 Å². The smallest absolute Gasteiger partial charge is 0.281 e. The number of carbonyl (C=O) groups is 2. The summed E-state index contributed by atoms with van der Waals surface area (Å²) in [7, 11) is 0. The zero-order valence-electron chi connectivity index (χ0n) is 19.5. The number of pyridine rings is 1. The van der Waals surface area contributed by atoms with E-state index in [1.807, 2.05) is 12.1 Å². The minimum absolute atomic E-state index is 0.110. The van der Waals surface area contributed by atoms with Gasteiger partial charge < -0.3 is 15.3 Å². The van der Waals surface area contributed by atoms with Crippen molar-refractivity contribution in [3.05, 3.63) is 79.7 Å². The molecule has 1 atom stereocenters. The van der Waals surface area contributed by atoms with Gasteiger partial charge in [0.1, 0.15) is 5.69 Å². The van der Waals surface area contributed by atoms with E-state index in [1.54, 1.807) is 28.5 Å². The zero-order valence-corrected chi connectivity index (χ0v) is 21.8. The van der Waals surface area contributed by atoms with Crippen LogP contribution in [-0.2, 0) is 10.4 Å². The van der Waals surface area contributed by atoms with E-state index in [4.69, 9.17) is 23.2 Å². The lowest BCUT2D eigenvalue weighted by molar-refractivity contribution is -0.132. The van der Waals surface area contributed by atoms with Crippen molar-refractivity contribution in [2.75, 3.05) is 11.4 Å². The number of thiophene rings is 1. The van der Waals surface area contributed by atoms with Crippen LogP contribution in [0.15, 0.2) is 48.0 Å². The first-order valence-electron chi connectivity index (χ1n) is 11.8. The van der Waals surface area contributed by atoms with Crippen LogP contribution in [0.4, 0.5) is 14.5 Å². The third-order valence-corrected chi connectivity index (χ3v) is 8.38. The molecule has 0 spiro atoms. The summed E-state index contributed by atoms with van der Waals surface area (Å²) in [5.41, 5.74) is -0.967. The molecule has 1 aromatic carbocycles. The number of carbonyl (C=O) groups excluding carboxylic acids is 2. The van der Waals surface area contributed by atoms with Crippen LogP contribution < -0.4 is 10.2 Å². The number of aliphatic hydroxyl groups is 1. The number of benzene rings is 1. The first kappa shape index (κ1) is 26.0. The van der Waals surface area contributed by atoms with Gasteiger partial charge in [-0.1, -0.05) is 41.4 Å². The summed E-state index contributed by atoms with van der Waals surface area (Å²) in [5.74, 6) is -0.897. The normalized spacial score (nSPS) is 23.4. The second kappa shape index (κ2) is 10.3. The van der Waals surface area contributed by atoms with Crippen LogP contribution in [0.2, 0.25) is 9.36 Å². The van der Waals surface area contributed by atoms with Crippen LogP contribution >= 0.6 is 34.5 Å². The molecule has 5 rings (SSSR count). The SMILES string of the molecule is O=C(N[C@H]1CC[C@H](CN2C(=O)C(O)(c3csc(Cl)c3)c3ccccc32)CC1)c1cc(Cl)cnc1C(F)F. The molecule has 1 saturated carbocycles. The molecule has 11 heteroatoms. The maximum atomic E-state index is 13.6. The second-order valence-electron chi connectivity index (χ2n) is 9.36. The van der Waals surface area contributed by atoms with Gasteiger partial charge in [0.05, 0.1) is 20.6 Å². The number of rotatable bonds is 6. The van der Waals surface area contributed by atoms with Crippen LogP contribution in [-0.4, -0.2) is 34.5 Å². The maximum Gasteiger partial charge on any atom is 0.281 e. The fourth-order valence-electron chi connectivity index (χ4n) is 5.21. The Kier molecular flexibility index (Phi) is 7.24. The quantitative estimate of drug-likeness (QED) is 0.386. The maximum absolute atomic E-state index is 13.6. The van der Waals surface area contributed by atoms with Gasteiger partial charge in [-0.25, -0.2) is 8.78 Å². The van der Waals surface area contributed by atoms with Gasteiger partial charge in [0.25, 0.3) is 18.2 Å². The Morgan fingerprint density at radius 1 is 1.22 bits per heavy atom. The Morgan fingerprint density at radius 3 is 2.62 bits per heavy atom. The van der Waals surface area contributed by atoms with Crippen molar-refractivity contribution in [2.45, 2.75) is 43.8 Å². The molecule has 1 aliphatic heterocycles. The van der Waals surface area contributed by atoms with Crippen molar-refractivity contribution in [3.8, 4) is 0 Å². The van der Waals surface area contributed by atoms with E-state index in [9.17, 15) is 23.5 Å². The average Bonchev–Trinajstić information content (AvgIpc) is 3.41. The Hall–Kier alpha value is -2.59. The third-order valence-electron chi connectivity index (χ3n) is 7.08. The molecule has 0 bridgehead atoms. The lowest BCUT2D eigenvalue weighted by Crippen LogP contribution is -2.44. The number of alkyl halides is 2. The Bertz CT molecular complexity index is 1350. The highest BCUT2D eigenvalue weighted by atomic mass is 35.5. The van der Waals surface area contributed by atoms with E-state index >= 15 is 0 Å². The fourth-order valence-corrected chi connectivity index (χ4v) is 6.29. The van der Waals surface area contributed by atoms with Gasteiger partial charge in [-0.3, -0.25) is 14.6 Å². The molecule has 2 aromatic heterocycles. The summed E-state index contributed by atoms with van der Waals surface area (Å²) in [5, 5.41) is 16.2. The predicted molar refractivity (Wildman–Crippen MR) is 139 cm³/mol. The van der Waals surface area contributed by atoms with Gasteiger partial charge in [0, 0.05) is 29.9 Å². The topological polar surface area (TPSA) is 82.5 Å². The van der Waals surface area contributed by atoms with Crippen molar-refractivity contribution in [2.24, 2.45) is 5.92 Å². The van der Waals surface area contributed by atoms with Crippen molar-refractivity contribution >= 4 is 52.0 Å². The molecule has 0 radical (unpaired) electrons. The fraction of sp³-hybridized carbons (Fsp3) is 0.346. The van der Waals surface area contributed by atoms with Crippen molar-refractivity contribution in [3.63, 3.8) is 0 Å². The molecule has 2 amide bonds. The van der Waals surface area contributed by atoms with E-state index in [0.29, 0.717) is 40.5 Å². The zero-order chi connectivity index (χ0) is 26.3. The summed E-state index contributed by atoms with van der Waals surface area (Å²) in [6.45, 7) is 0.421. The lowest BCUT2D eigenvalue weighted by atomic mass is 9.85. The summed E-state index contributed by atoms with van der Waals surface area (Å²) in [4.78, 5) is 31.5. The van der Waals surface area contributed by atoms with Gasteiger partial charge in [-0.15, -0.1) is 11.3 Å². The molecule has 1 aliphatic carbocycles. The van der Waals surface area contributed by atoms with Gasteiger partial charge in [0.2, 0.25) is 0 Å². The highest BCUT2D eigenvalue weighted by Gasteiger charge is 2.51. The minimum Gasteiger partial charge on any atom is -0.372 e.